The van der Waals surface area contributed by atoms with E-state index >= 15 is 0 Å². The minimum atomic E-state index is 0.646. The Kier molecular flexibility index (Phi) is 4.24. The van der Waals surface area contributed by atoms with Crippen LogP contribution in [0.5, 0.6) is 0 Å². The molecule has 5 nitrogen and oxygen atoms in total. The molecule has 120 valence electrons. The van der Waals surface area contributed by atoms with Gasteiger partial charge in [0.05, 0.1) is 10.6 Å². The summed E-state index contributed by atoms with van der Waals surface area (Å²) in [4.78, 5) is 5.97. The maximum atomic E-state index is 4.72. The second kappa shape index (κ2) is 6.51. The predicted octanol–water partition coefficient (Wildman–Crippen LogP) is 3.12. The van der Waals surface area contributed by atoms with Crippen molar-refractivity contribution >= 4 is 22.7 Å². The van der Waals surface area contributed by atoms with Gasteiger partial charge in [0.25, 0.3) is 0 Å². The standard InChI is InChI=1S/C16H19N5S2/c1-11-19-20-15-5-4-12(9-21(11)15)7-17-8-13-10-23-16(18-13)14-3-2-6-22-14/h2-3,6,10,12,17H,4-5,7-9H2,1H3/t12-/m0/s1. The molecule has 0 saturated heterocycles. The summed E-state index contributed by atoms with van der Waals surface area (Å²) in [5, 5.41) is 17.3. The zero-order valence-corrected chi connectivity index (χ0v) is 14.7. The fraction of sp³-hybridized carbons (Fsp3) is 0.438. The largest absolute Gasteiger partial charge is 0.315 e. The SMILES string of the molecule is Cc1nnc2n1C[C@H](CNCc1csc(-c3cccs3)n1)CC2. The third-order valence-corrected chi connectivity index (χ3v) is 6.18. The summed E-state index contributed by atoms with van der Waals surface area (Å²) in [6.45, 7) is 4.92. The Hall–Kier alpha value is -1.57. The summed E-state index contributed by atoms with van der Waals surface area (Å²) in [7, 11) is 0. The van der Waals surface area contributed by atoms with Crippen LogP contribution in [0.3, 0.4) is 0 Å². The Balaban J connectivity index is 1.30. The molecule has 3 aromatic heterocycles. The first-order valence-corrected chi connectivity index (χ1v) is 9.63. The Morgan fingerprint density at radius 3 is 3.17 bits per heavy atom. The van der Waals surface area contributed by atoms with Crippen LogP contribution >= 0.6 is 22.7 Å². The zero-order chi connectivity index (χ0) is 15.6. The van der Waals surface area contributed by atoms with Crippen LogP contribution in [0, 0.1) is 12.8 Å². The van der Waals surface area contributed by atoms with Gasteiger partial charge in [-0.25, -0.2) is 4.98 Å². The summed E-state index contributed by atoms with van der Waals surface area (Å²) in [6.07, 6.45) is 2.22. The summed E-state index contributed by atoms with van der Waals surface area (Å²) < 4.78 is 2.26. The molecule has 0 radical (unpaired) electrons. The molecule has 4 rings (SSSR count). The van der Waals surface area contributed by atoms with Gasteiger partial charge in [-0.1, -0.05) is 6.07 Å². The fourth-order valence-corrected chi connectivity index (χ4v) is 4.64. The Labute approximate surface area is 143 Å². The number of nitrogens with one attached hydrogen (secondary N) is 1. The minimum Gasteiger partial charge on any atom is -0.315 e. The highest BCUT2D eigenvalue weighted by Gasteiger charge is 2.21. The predicted molar refractivity (Wildman–Crippen MR) is 93.7 cm³/mol. The van der Waals surface area contributed by atoms with Crippen molar-refractivity contribution in [3.63, 3.8) is 0 Å². The van der Waals surface area contributed by atoms with Gasteiger partial charge < -0.3 is 9.88 Å². The highest BCUT2D eigenvalue weighted by Crippen LogP contribution is 2.27. The van der Waals surface area contributed by atoms with E-state index in [1.54, 1.807) is 22.7 Å². The molecule has 0 amide bonds. The van der Waals surface area contributed by atoms with E-state index in [1.807, 2.05) is 6.92 Å². The molecular formula is C16H19N5S2. The molecule has 0 fully saturated rings. The lowest BCUT2D eigenvalue weighted by molar-refractivity contribution is 0.344. The summed E-state index contributed by atoms with van der Waals surface area (Å²) >= 11 is 3.47. The molecule has 1 aliphatic rings. The number of nitrogens with zero attached hydrogens (tertiary/aromatic N) is 4. The Bertz CT molecular complexity index is 774. The van der Waals surface area contributed by atoms with Crippen molar-refractivity contribution in [3.8, 4) is 9.88 Å². The Morgan fingerprint density at radius 1 is 1.35 bits per heavy atom. The summed E-state index contributed by atoms with van der Waals surface area (Å²) in [5.41, 5.74) is 1.13. The lowest BCUT2D eigenvalue weighted by Gasteiger charge is -2.24. The molecule has 0 bridgehead atoms. The lowest BCUT2D eigenvalue weighted by Crippen LogP contribution is -2.30. The van der Waals surface area contributed by atoms with Gasteiger partial charge in [0.2, 0.25) is 0 Å². The van der Waals surface area contributed by atoms with Crippen molar-refractivity contribution in [2.45, 2.75) is 32.9 Å². The van der Waals surface area contributed by atoms with E-state index in [9.17, 15) is 0 Å². The van der Waals surface area contributed by atoms with Crippen molar-refractivity contribution in [1.29, 1.82) is 0 Å². The number of hydrogen-bond donors (Lipinski definition) is 1. The van der Waals surface area contributed by atoms with Gasteiger partial charge in [0.15, 0.2) is 0 Å². The maximum Gasteiger partial charge on any atom is 0.133 e. The van der Waals surface area contributed by atoms with E-state index in [0.717, 1.165) is 48.4 Å². The lowest BCUT2D eigenvalue weighted by atomic mass is 9.99. The highest BCUT2D eigenvalue weighted by atomic mass is 32.1. The number of thiophene rings is 1. The summed E-state index contributed by atoms with van der Waals surface area (Å²) in [5.74, 6) is 2.82. The molecule has 7 heteroatoms. The number of aromatic nitrogens is 4. The van der Waals surface area contributed by atoms with Crippen LogP contribution in [-0.2, 0) is 19.5 Å². The normalized spacial score (nSPS) is 17.3. The second-order valence-corrected chi connectivity index (χ2v) is 7.74. The van der Waals surface area contributed by atoms with E-state index in [-0.39, 0.29) is 0 Å². The number of rotatable bonds is 5. The second-order valence-electron chi connectivity index (χ2n) is 5.93. The fourth-order valence-electron chi connectivity index (χ4n) is 3.00. The van der Waals surface area contributed by atoms with Crippen molar-refractivity contribution in [3.05, 3.63) is 40.2 Å². The molecule has 1 atom stereocenters. The smallest absolute Gasteiger partial charge is 0.133 e. The monoisotopic (exact) mass is 345 g/mol. The average molecular weight is 345 g/mol. The molecule has 0 aliphatic carbocycles. The molecule has 0 saturated carbocycles. The van der Waals surface area contributed by atoms with Crippen LogP contribution in [0.1, 0.15) is 23.8 Å². The zero-order valence-electron chi connectivity index (χ0n) is 13.0. The van der Waals surface area contributed by atoms with Crippen LogP contribution in [-0.4, -0.2) is 26.3 Å². The topological polar surface area (TPSA) is 55.6 Å². The molecule has 1 N–H and O–H groups in total. The van der Waals surface area contributed by atoms with Gasteiger partial charge in [-0.3, -0.25) is 0 Å². The molecule has 3 aromatic rings. The van der Waals surface area contributed by atoms with Gasteiger partial charge in [-0.15, -0.1) is 32.9 Å². The van der Waals surface area contributed by atoms with Crippen LogP contribution < -0.4 is 5.32 Å². The van der Waals surface area contributed by atoms with Crippen LogP contribution in [0.25, 0.3) is 9.88 Å². The molecule has 4 heterocycles. The van der Waals surface area contributed by atoms with Crippen molar-refractivity contribution in [2.75, 3.05) is 6.54 Å². The van der Waals surface area contributed by atoms with Gasteiger partial charge in [-0.2, -0.15) is 0 Å². The summed E-state index contributed by atoms with van der Waals surface area (Å²) in [6, 6.07) is 4.20. The molecule has 23 heavy (non-hydrogen) atoms. The molecule has 0 spiro atoms. The van der Waals surface area contributed by atoms with Gasteiger partial charge >= 0.3 is 0 Å². The first-order chi connectivity index (χ1) is 11.3. The first kappa shape index (κ1) is 15.0. The van der Waals surface area contributed by atoms with E-state index in [2.05, 4.69) is 43.0 Å². The molecular weight excluding hydrogens is 326 g/mol. The molecule has 0 unspecified atom stereocenters. The van der Waals surface area contributed by atoms with Crippen LogP contribution in [0.15, 0.2) is 22.9 Å². The van der Waals surface area contributed by atoms with Crippen LogP contribution in [0.4, 0.5) is 0 Å². The van der Waals surface area contributed by atoms with Gasteiger partial charge in [-0.05, 0) is 30.7 Å². The van der Waals surface area contributed by atoms with E-state index in [1.165, 1.54) is 11.3 Å². The van der Waals surface area contributed by atoms with Crippen molar-refractivity contribution < 1.29 is 0 Å². The number of hydrogen-bond acceptors (Lipinski definition) is 6. The number of aryl methyl sites for hydroxylation is 2. The van der Waals surface area contributed by atoms with Crippen LogP contribution in [0.2, 0.25) is 0 Å². The quantitative estimate of drug-likeness (QED) is 0.772. The van der Waals surface area contributed by atoms with Crippen molar-refractivity contribution in [1.82, 2.24) is 25.1 Å². The van der Waals surface area contributed by atoms with E-state index in [4.69, 9.17) is 4.98 Å². The minimum absolute atomic E-state index is 0.646. The van der Waals surface area contributed by atoms with Crippen molar-refractivity contribution in [2.24, 2.45) is 5.92 Å². The molecule has 1 aliphatic heterocycles. The van der Waals surface area contributed by atoms with E-state index < -0.39 is 0 Å². The first-order valence-electron chi connectivity index (χ1n) is 7.87. The van der Waals surface area contributed by atoms with E-state index in [0.29, 0.717) is 5.92 Å². The van der Waals surface area contributed by atoms with Gasteiger partial charge in [0, 0.05) is 31.4 Å². The maximum absolute atomic E-state index is 4.72. The molecule has 0 aromatic carbocycles. The third kappa shape index (κ3) is 3.22. The Morgan fingerprint density at radius 2 is 2.30 bits per heavy atom. The van der Waals surface area contributed by atoms with Gasteiger partial charge in [0.1, 0.15) is 16.7 Å². The number of thiazole rings is 1. The highest BCUT2D eigenvalue weighted by molar-refractivity contribution is 7.20. The number of fused-ring (bicyclic) bond motifs is 1. The third-order valence-electron chi connectivity index (χ3n) is 4.25. The average Bonchev–Trinajstić information content (AvgIpc) is 3.29.